The second-order valence-corrected chi connectivity index (χ2v) is 8.74. The molecule has 0 bridgehead atoms. The molecule has 0 saturated carbocycles. The fourth-order valence-corrected chi connectivity index (χ4v) is 3.34. The van der Waals surface area contributed by atoms with Crippen LogP contribution in [0.5, 0.6) is 0 Å². The van der Waals surface area contributed by atoms with Crippen molar-refractivity contribution in [2.75, 3.05) is 32.2 Å². The topological polar surface area (TPSA) is 75.7 Å². The van der Waals surface area contributed by atoms with Crippen LogP contribution < -0.4 is 29.6 Å². The Morgan fingerprint density at radius 1 is 0.741 bits per heavy atom. The van der Waals surface area contributed by atoms with Crippen molar-refractivity contribution in [3.8, 4) is 0 Å². The zero-order chi connectivity index (χ0) is 19.5. The van der Waals surface area contributed by atoms with E-state index in [-0.39, 0.29) is 36.2 Å². The molecule has 0 rings (SSSR count). The van der Waals surface area contributed by atoms with Crippen LogP contribution in [0.1, 0.15) is 90.9 Å². The predicted octanol–water partition coefficient (Wildman–Crippen LogP) is 1.91. The Balaban J connectivity index is 0. The van der Waals surface area contributed by atoms with E-state index in [2.05, 4.69) is 13.8 Å². The van der Waals surface area contributed by atoms with Crippen LogP contribution in [0.15, 0.2) is 0 Å². The van der Waals surface area contributed by atoms with Crippen LogP contribution >= 0.6 is 0 Å². The van der Waals surface area contributed by atoms with E-state index in [1.807, 2.05) is 0 Å². The van der Waals surface area contributed by atoms with Gasteiger partial charge < -0.3 is 14.0 Å². The minimum absolute atomic E-state index is 0. The summed E-state index contributed by atoms with van der Waals surface area (Å²) in [6.07, 6.45) is 15.5. The van der Waals surface area contributed by atoms with Crippen molar-refractivity contribution in [3.05, 3.63) is 0 Å². The van der Waals surface area contributed by atoms with Crippen molar-refractivity contribution < 1.29 is 52.0 Å². The first-order valence-electron chi connectivity index (χ1n) is 10.6. The summed E-state index contributed by atoms with van der Waals surface area (Å²) in [5.74, 6) is 0.144. The Morgan fingerprint density at radius 2 is 1.22 bits per heavy atom. The first-order valence-corrected chi connectivity index (χ1v) is 12.2. The fraction of sp³-hybridized carbons (Fsp3) is 1.00. The maximum atomic E-state index is 10.5. The van der Waals surface area contributed by atoms with Crippen molar-refractivity contribution in [1.29, 1.82) is 0 Å². The van der Waals surface area contributed by atoms with Crippen LogP contribution in [0.2, 0.25) is 0 Å². The average Bonchev–Trinajstić information content (AvgIpc) is 2.59. The molecule has 0 heterocycles. The van der Waals surface area contributed by atoms with E-state index in [1.54, 1.807) is 0 Å². The molecule has 0 aromatic carbocycles. The smallest absolute Gasteiger partial charge is 0.748 e. The van der Waals surface area contributed by atoms with Gasteiger partial charge in [0.1, 0.15) is 0 Å². The number of rotatable bonds is 20. The molecule has 27 heavy (non-hydrogen) atoms. The molecule has 0 aliphatic rings. The van der Waals surface area contributed by atoms with Crippen LogP contribution in [-0.4, -0.2) is 45.2 Å². The molecule has 0 saturated heterocycles. The summed E-state index contributed by atoms with van der Waals surface area (Å²) in [5, 5.41) is 0. The molecule has 7 heteroatoms. The molecule has 0 N–H and O–H groups in total. The van der Waals surface area contributed by atoms with Gasteiger partial charge in [-0.2, -0.15) is 0 Å². The third-order valence-electron chi connectivity index (χ3n) is 4.64. The quantitative estimate of drug-likeness (QED) is 0.172. The zero-order valence-electron chi connectivity index (χ0n) is 18.0. The van der Waals surface area contributed by atoms with Crippen LogP contribution in [0.25, 0.3) is 0 Å². The van der Waals surface area contributed by atoms with Gasteiger partial charge in [0, 0.05) is 6.61 Å². The third-order valence-corrected chi connectivity index (χ3v) is 5.30. The van der Waals surface area contributed by atoms with E-state index in [1.165, 1.54) is 77.0 Å². The first-order chi connectivity index (χ1) is 12.5. The predicted molar refractivity (Wildman–Crippen MR) is 106 cm³/mol. The average molecular weight is 417 g/mol. The summed E-state index contributed by atoms with van der Waals surface area (Å²) < 4.78 is 42.3. The molecule has 0 spiro atoms. The maximum absolute atomic E-state index is 10.5. The van der Waals surface area contributed by atoms with E-state index < -0.39 is 15.9 Å². The van der Waals surface area contributed by atoms with Gasteiger partial charge in [0.15, 0.2) is 0 Å². The molecular formula is C20H41NaO5S. The van der Waals surface area contributed by atoms with Gasteiger partial charge in [-0.15, -0.1) is 0 Å². The molecule has 0 aliphatic carbocycles. The van der Waals surface area contributed by atoms with Gasteiger partial charge in [0.25, 0.3) is 0 Å². The van der Waals surface area contributed by atoms with Gasteiger partial charge in [-0.25, -0.2) is 8.42 Å². The number of hydrogen-bond acceptors (Lipinski definition) is 5. The minimum Gasteiger partial charge on any atom is -0.748 e. The molecule has 0 aromatic heterocycles. The molecule has 0 fully saturated rings. The molecule has 0 radical (unpaired) electrons. The first kappa shape index (κ1) is 30.0. The van der Waals surface area contributed by atoms with E-state index in [0.29, 0.717) is 19.1 Å². The summed E-state index contributed by atoms with van der Waals surface area (Å²) in [6, 6.07) is 0. The largest absolute Gasteiger partial charge is 1.00 e. The minimum atomic E-state index is -4.18. The zero-order valence-corrected chi connectivity index (χ0v) is 20.9. The molecule has 0 aromatic rings. The van der Waals surface area contributed by atoms with E-state index >= 15 is 0 Å². The number of ether oxygens (including phenoxy) is 2. The van der Waals surface area contributed by atoms with Crippen molar-refractivity contribution in [2.24, 2.45) is 5.92 Å². The summed E-state index contributed by atoms with van der Waals surface area (Å²) in [6.45, 7) is 5.98. The third kappa shape index (κ3) is 24.8. The van der Waals surface area contributed by atoms with Crippen molar-refractivity contribution in [1.82, 2.24) is 0 Å². The molecule has 1 atom stereocenters. The Bertz CT molecular complexity index is 390. The van der Waals surface area contributed by atoms with E-state index in [9.17, 15) is 13.0 Å². The summed E-state index contributed by atoms with van der Waals surface area (Å²) in [7, 11) is -4.18. The Morgan fingerprint density at radius 3 is 1.78 bits per heavy atom. The normalized spacial score (nSPS) is 12.7. The second kappa shape index (κ2) is 21.5. The van der Waals surface area contributed by atoms with Crippen LogP contribution in [-0.2, 0) is 19.6 Å². The van der Waals surface area contributed by atoms with Gasteiger partial charge in [0.05, 0.1) is 35.7 Å². The van der Waals surface area contributed by atoms with Gasteiger partial charge in [-0.05, 0) is 18.8 Å². The van der Waals surface area contributed by atoms with Gasteiger partial charge >= 0.3 is 29.6 Å². The maximum Gasteiger partial charge on any atom is 1.00 e. The molecule has 0 amide bonds. The Hall–Kier alpha value is 0.830. The fourth-order valence-electron chi connectivity index (χ4n) is 3.02. The Kier molecular flexibility index (Phi) is 24.0. The SMILES string of the molecule is CCCCCCCCC(CCCCCC)COCCOCCS(=O)(=O)[O-].[Na+]. The summed E-state index contributed by atoms with van der Waals surface area (Å²) in [5.41, 5.74) is 0. The van der Waals surface area contributed by atoms with Crippen LogP contribution in [0.3, 0.4) is 0 Å². The summed E-state index contributed by atoms with van der Waals surface area (Å²) in [4.78, 5) is 0. The molecular weight excluding hydrogens is 375 g/mol. The van der Waals surface area contributed by atoms with Crippen molar-refractivity contribution in [2.45, 2.75) is 90.9 Å². The molecule has 1 unspecified atom stereocenters. The van der Waals surface area contributed by atoms with E-state index in [0.717, 1.165) is 6.61 Å². The van der Waals surface area contributed by atoms with Crippen molar-refractivity contribution in [3.63, 3.8) is 0 Å². The molecule has 0 aliphatic heterocycles. The number of unbranched alkanes of at least 4 members (excludes halogenated alkanes) is 8. The Labute approximate surface area is 190 Å². The van der Waals surface area contributed by atoms with Crippen LogP contribution in [0.4, 0.5) is 0 Å². The standard InChI is InChI=1S/C20H42O5S.Na/c1-3-5-7-9-10-12-14-20(13-11-8-6-4-2)19-25-16-15-24-17-18-26(21,22)23;/h20H,3-19H2,1-2H3,(H,21,22,23);/q;+1/p-1. The van der Waals surface area contributed by atoms with Gasteiger partial charge in [-0.1, -0.05) is 78.1 Å². The van der Waals surface area contributed by atoms with Gasteiger partial charge in [-0.3, -0.25) is 0 Å². The van der Waals surface area contributed by atoms with Crippen molar-refractivity contribution >= 4 is 10.1 Å². The monoisotopic (exact) mass is 416 g/mol. The molecule has 158 valence electrons. The van der Waals surface area contributed by atoms with E-state index in [4.69, 9.17) is 9.47 Å². The van der Waals surface area contributed by atoms with Gasteiger partial charge in [0.2, 0.25) is 0 Å². The molecule has 5 nitrogen and oxygen atoms in total. The summed E-state index contributed by atoms with van der Waals surface area (Å²) >= 11 is 0. The number of hydrogen-bond donors (Lipinski definition) is 0. The second-order valence-electron chi connectivity index (χ2n) is 7.22. The van der Waals surface area contributed by atoms with Crippen LogP contribution in [0, 0.1) is 5.92 Å².